The Morgan fingerprint density at radius 2 is 1.60 bits per heavy atom. The molecule has 6 aliphatic rings. The number of hydrogen-bond acceptors (Lipinski definition) is 4. The maximum Gasteiger partial charge on any atom is 0.131 e. The summed E-state index contributed by atoms with van der Waals surface area (Å²) in [6, 6.07) is 23.9. The lowest BCUT2D eigenvalue weighted by Gasteiger charge is -2.38. The van der Waals surface area contributed by atoms with E-state index in [0.29, 0.717) is 11.8 Å². The van der Waals surface area contributed by atoms with E-state index in [0.717, 1.165) is 56.5 Å². The van der Waals surface area contributed by atoms with Gasteiger partial charge in [-0.15, -0.1) is 0 Å². The molecule has 234 valence electrons. The highest BCUT2D eigenvalue weighted by atomic mass is 15.3. The fourth-order valence-electron chi connectivity index (χ4n) is 8.78. The van der Waals surface area contributed by atoms with Crippen LogP contribution in [0.2, 0.25) is 0 Å². The minimum absolute atomic E-state index is 0.0337. The molecular formula is C43H42N4. The summed E-state index contributed by atoms with van der Waals surface area (Å²) in [5.41, 5.74) is 16.0. The predicted molar refractivity (Wildman–Crippen MR) is 195 cm³/mol. The molecule has 4 atom stereocenters. The van der Waals surface area contributed by atoms with Crippen molar-refractivity contribution in [3.8, 4) is 0 Å². The lowest BCUT2D eigenvalue weighted by Crippen LogP contribution is -2.49. The topological polar surface area (TPSA) is 48.8 Å². The van der Waals surface area contributed by atoms with Gasteiger partial charge in [-0.3, -0.25) is 10.3 Å². The van der Waals surface area contributed by atoms with Crippen molar-refractivity contribution >= 4 is 24.2 Å². The number of benzene rings is 3. The fourth-order valence-corrected chi connectivity index (χ4v) is 8.78. The van der Waals surface area contributed by atoms with E-state index < -0.39 is 0 Å². The van der Waals surface area contributed by atoms with Gasteiger partial charge in [-0.2, -0.15) is 0 Å². The quantitative estimate of drug-likeness (QED) is 0.302. The maximum absolute atomic E-state index is 5.37. The highest BCUT2D eigenvalue weighted by Crippen LogP contribution is 2.48. The van der Waals surface area contributed by atoms with Gasteiger partial charge in [0.25, 0.3) is 0 Å². The Morgan fingerprint density at radius 3 is 2.47 bits per heavy atom. The van der Waals surface area contributed by atoms with Gasteiger partial charge in [0.05, 0.1) is 6.54 Å². The monoisotopic (exact) mass is 614 g/mol. The molecule has 0 amide bonds. The van der Waals surface area contributed by atoms with Gasteiger partial charge < -0.3 is 5.32 Å². The van der Waals surface area contributed by atoms with Gasteiger partial charge in [-0.25, -0.2) is 4.99 Å². The Balaban J connectivity index is 1.15. The maximum atomic E-state index is 5.37. The van der Waals surface area contributed by atoms with Gasteiger partial charge in [-0.1, -0.05) is 109 Å². The fraction of sp³-hybridized carbons (Fsp3) is 0.302. The first kappa shape index (κ1) is 28.7. The number of hydrogen-bond donors (Lipinski definition) is 2. The van der Waals surface area contributed by atoms with E-state index in [2.05, 4.69) is 125 Å². The van der Waals surface area contributed by atoms with Crippen LogP contribution in [-0.4, -0.2) is 24.8 Å². The summed E-state index contributed by atoms with van der Waals surface area (Å²) >= 11 is 0. The minimum atomic E-state index is -0.122. The lowest BCUT2D eigenvalue weighted by molar-refractivity contribution is 0.416. The Labute approximate surface area is 278 Å². The standard InChI is InChI=1S/C43H42N4/c1-3-11-28(12-4-1)41-45-42(29-13-5-2-6-14-29)47-43(46-41)32-21-22-36(31-19-20-33-26-44-27-34(33)23-31)39(25-32)40-24-30-15-7-8-16-35(30)37-17-9-10-18-38(37)40/h1-7,10-15,18,21-22,24,27,31,39,41,43,46H,8-9,16-17,19-20,23,25-26H2,(H,45,47). The first-order valence-electron chi connectivity index (χ1n) is 17.6. The third-order valence-corrected chi connectivity index (χ3v) is 11.2. The van der Waals surface area contributed by atoms with E-state index in [4.69, 9.17) is 4.99 Å². The molecule has 0 saturated carbocycles. The Kier molecular flexibility index (Phi) is 7.47. The summed E-state index contributed by atoms with van der Waals surface area (Å²) in [6.07, 6.45) is 25.6. The molecule has 2 heterocycles. The van der Waals surface area contributed by atoms with Crippen LogP contribution in [0.5, 0.6) is 0 Å². The highest BCUT2D eigenvalue weighted by molar-refractivity contribution is 5.99. The number of nitrogens with one attached hydrogen (secondary N) is 2. The first-order valence-corrected chi connectivity index (χ1v) is 17.6. The molecule has 0 aromatic heterocycles. The first-order chi connectivity index (χ1) is 23.3. The van der Waals surface area contributed by atoms with Crippen molar-refractivity contribution < 1.29 is 0 Å². The zero-order valence-corrected chi connectivity index (χ0v) is 27.0. The predicted octanol–water partition coefficient (Wildman–Crippen LogP) is 8.79. The van der Waals surface area contributed by atoms with Gasteiger partial charge in [0.1, 0.15) is 18.2 Å². The highest BCUT2D eigenvalue weighted by Gasteiger charge is 2.36. The normalized spacial score (nSPS) is 26.1. The second-order valence-corrected chi connectivity index (χ2v) is 13.9. The molecule has 2 aliphatic heterocycles. The van der Waals surface area contributed by atoms with Crippen molar-refractivity contribution in [2.24, 2.45) is 15.9 Å². The second kappa shape index (κ2) is 12.2. The third-order valence-electron chi connectivity index (χ3n) is 11.2. The molecule has 2 N–H and O–H groups in total. The molecule has 4 heteroatoms. The van der Waals surface area contributed by atoms with Crippen LogP contribution >= 0.6 is 0 Å². The number of aliphatic imine (C=N–C) groups is 2. The van der Waals surface area contributed by atoms with Crippen LogP contribution in [-0.2, 0) is 12.8 Å². The van der Waals surface area contributed by atoms with E-state index in [1.807, 2.05) is 0 Å². The third kappa shape index (κ3) is 5.39. The molecule has 0 spiro atoms. The van der Waals surface area contributed by atoms with Gasteiger partial charge in [-0.05, 0) is 107 Å². The average molecular weight is 615 g/mol. The van der Waals surface area contributed by atoms with Crippen LogP contribution in [0.15, 0.2) is 123 Å². The molecule has 4 unspecified atom stereocenters. The van der Waals surface area contributed by atoms with Gasteiger partial charge >= 0.3 is 0 Å². The van der Waals surface area contributed by atoms with Crippen molar-refractivity contribution in [2.75, 3.05) is 6.54 Å². The summed E-state index contributed by atoms with van der Waals surface area (Å²) in [5, 5.41) is 7.62. The van der Waals surface area contributed by atoms with Crippen LogP contribution in [0.1, 0.15) is 89.6 Å². The largest absolute Gasteiger partial charge is 0.350 e. The molecule has 9 rings (SSSR count). The van der Waals surface area contributed by atoms with Gasteiger partial charge in [0.2, 0.25) is 0 Å². The van der Waals surface area contributed by atoms with Crippen molar-refractivity contribution in [1.29, 1.82) is 0 Å². The van der Waals surface area contributed by atoms with E-state index >= 15 is 0 Å². The molecule has 4 nitrogen and oxygen atoms in total. The zero-order valence-electron chi connectivity index (χ0n) is 27.0. The van der Waals surface area contributed by atoms with Crippen LogP contribution in [0, 0.1) is 5.92 Å². The van der Waals surface area contributed by atoms with Gasteiger partial charge in [0, 0.05) is 17.7 Å². The number of allylic oxidation sites excluding steroid dienone is 6. The summed E-state index contributed by atoms with van der Waals surface area (Å²) in [7, 11) is 0. The van der Waals surface area contributed by atoms with E-state index in [1.54, 1.807) is 22.3 Å². The van der Waals surface area contributed by atoms with E-state index in [1.165, 1.54) is 46.2 Å². The smallest absolute Gasteiger partial charge is 0.131 e. The zero-order chi connectivity index (χ0) is 31.2. The van der Waals surface area contributed by atoms with Crippen molar-refractivity contribution in [1.82, 2.24) is 10.6 Å². The SMILES string of the molecule is C1=Cc2cc(C3CC(C4N=C(c5ccccc5)NC(c5ccccc5)N4)=CC=C3C3CCC4=C(C=NC4)C3)c3c(c2CC1)CCC=C3. The number of rotatable bonds is 5. The Morgan fingerprint density at radius 1 is 0.787 bits per heavy atom. The molecule has 3 aromatic rings. The summed E-state index contributed by atoms with van der Waals surface area (Å²) < 4.78 is 0. The number of fused-ring (bicyclic) bond motifs is 3. The lowest BCUT2D eigenvalue weighted by atomic mass is 9.68. The van der Waals surface area contributed by atoms with Crippen molar-refractivity contribution in [3.63, 3.8) is 0 Å². The van der Waals surface area contributed by atoms with Gasteiger partial charge in [0.15, 0.2) is 0 Å². The van der Waals surface area contributed by atoms with E-state index in [9.17, 15) is 0 Å². The number of amidine groups is 1. The summed E-state index contributed by atoms with van der Waals surface area (Å²) in [5.74, 6) is 1.80. The Bertz CT molecular complexity index is 1920. The van der Waals surface area contributed by atoms with Crippen LogP contribution in [0.25, 0.3) is 12.2 Å². The molecular weight excluding hydrogens is 573 g/mol. The average Bonchev–Trinajstić information content (AvgIpc) is 3.63. The second-order valence-electron chi connectivity index (χ2n) is 13.9. The van der Waals surface area contributed by atoms with E-state index in [-0.39, 0.29) is 12.3 Å². The number of nitrogens with zero attached hydrogens (tertiary/aromatic N) is 2. The summed E-state index contributed by atoms with van der Waals surface area (Å²) in [6.45, 7) is 0.912. The van der Waals surface area contributed by atoms with Crippen molar-refractivity contribution in [2.45, 2.75) is 69.6 Å². The Hall–Kier alpha value is -4.54. The molecule has 4 aliphatic carbocycles. The van der Waals surface area contributed by atoms with Crippen LogP contribution in [0.3, 0.4) is 0 Å². The molecule has 0 bridgehead atoms. The minimum Gasteiger partial charge on any atom is -0.350 e. The van der Waals surface area contributed by atoms with Crippen LogP contribution < -0.4 is 10.6 Å². The molecule has 3 aromatic carbocycles. The molecule has 0 radical (unpaired) electrons. The summed E-state index contributed by atoms with van der Waals surface area (Å²) in [4.78, 5) is 10.0. The molecule has 0 saturated heterocycles. The molecule has 0 fully saturated rings. The van der Waals surface area contributed by atoms with Crippen molar-refractivity contribution in [3.05, 3.63) is 152 Å². The molecule has 47 heavy (non-hydrogen) atoms. The van der Waals surface area contributed by atoms with Crippen LogP contribution in [0.4, 0.5) is 0 Å².